The molecule has 0 heterocycles. The van der Waals surface area contributed by atoms with Crippen molar-refractivity contribution in [1.29, 1.82) is 5.41 Å². The zero-order chi connectivity index (χ0) is 20.9. The maximum Gasteiger partial charge on any atom is 0.269 e. The fourth-order valence-corrected chi connectivity index (χ4v) is 2.47. The third-order valence-corrected chi connectivity index (χ3v) is 3.99. The number of rotatable bonds is 8. The second-order valence-corrected chi connectivity index (χ2v) is 6.32. The maximum absolute atomic E-state index is 10.7. The Morgan fingerprint density at radius 3 is 1.96 bits per heavy atom. The van der Waals surface area contributed by atoms with E-state index in [1.54, 1.807) is 19.1 Å². The molecule has 0 aliphatic heterocycles. The van der Waals surface area contributed by atoms with Crippen molar-refractivity contribution in [2.24, 2.45) is 11.1 Å². The Labute approximate surface area is 165 Å². The summed E-state index contributed by atoms with van der Waals surface area (Å²) < 4.78 is 0. The monoisotopic (exact) mass is 384 g/mol. The van der Waals surface area contributed by atoms with Gasteiger partial charge in [-0.3, -0.25) is 10.1 Å². The summed E-state index contributed by atoms with van der Waals surface area (Å²) in [4.78, 5) is 14.4. The van der Waals surface area contributed by atoms with Crippen molar-refractivity contribution >= 4 is 17.1 Å². The number of hydrogen-bond acceptors (Lipinski definition) is 6. The first-order chi connectivity index (χ1) is 13.4. The first kappa shape index (κ1) is 23.0. The van der Waals surface area contributed by atoms with Crippen LogP contribution in [0.25, 0.3) is 11.1 Å². The Kier molecular flexibility index (Phi) is 10.1. The molecule has 0 radical (unpaired) electrons. The predicted octanol–water partition coefficient (Wildman–Crippen LogP) is 5.48. The van der Waals surface area contributed by atoms with E-state index in [4.69, 9.17) is 11.3 Å². The molecule has 0 aliphatic carbocycles. The Balaban J connectivity index is 0.000000696. The lowest BCUT2D eigenvalue weighted by atomic mass is 10.00. The van der Waals surface area contributed by atoms with Crippen molar-refractivity contribution < 1.29 is 9.86 Å². The number of nitrogens with zero attached hydrogens (tertiary/aromatic N) is 2. The molecular weight excluding hydrogens is 356 g/mol. The van der Waals surface area contributed by atoms with Crippen LogP contribution in [0.1, 0.15) is 52.0 Å². The summed E-state index contributed by atoms with van der Waals surface area (Å²) in [6.07, 6.45) is 4.42. The Bertz CT molecular complexity index is 782. The molecule has 0 fully saturated rings. The van der Waals surface area contributed by atoms with Crippen LogP contribution in [0.5, 0.6) is 0 Å². The van der Waals surface area contributed by atoms with Gasteiger partial charge in [-0.25, -0.2) is 0 Å². The van der Waals surface area contributed by atoms with Gasteiger partial charge in [0.15, 0.2) is 0 Å². The molecule has 2 rings (SSSR count). The molecule has 0 spiro atoms. The minimum absolute atomic E-state index is 0.0593. The van der Waals surface area contributed by atoms with E-state index in [1.165, 1.54) is 31.4 Å². The topological polar surface area (TPSA) is 115 Å². The highest BCUT2D eigenvalue weighted by Gasteiger charge is 2.07. The fraction of sp³-hybridized carbons (Fsp3) is 0.333. The zero-order valence-corrected chi connectivity index (χ0v) is 16.6. The summed E-state index contributed by atoms with van der Waals surface area (Å²) in [5.74, 6) is 4.86. The number of oxime groups is 1. The van der Waals surface area contributed by atoms with Gasteiger partial charge in [-0.2, -0.15) is 0 Å². The lowest BCUT2D eigenvalue weighted by Crippen LogP contribution is -2.07. The number of hydrogen-bond donors (Lipinski definition) is 2. The number of unbranched alkanes of at least 4 members (excludes halogenated alkanes) is 2. The molecule has 3 N–H and O–H groups in total. The van der Waals surface area contributed by atoms with Crippen molar-refractivity contribution in [2.45, 2.75) is 46.5 Å². The summed E-state index contributed by atoms with van der Waals surface area (Å²) in [6, 6.07) is 13.7. The molecule has 28 heavy (non-hydrogen) atoms. The fourth-order valence-electron chi connectivity index (χ4n) is 2.47. The molecule has 0 unspecified atom stereocenters. The predicted molar refractivity (Wildman–Crippen MR) is 114 cm³/mol. The molecule has 0 amide bonds. The van der Waals surface area contributed by atoms with Crippen molar-refractivity contribution in [3.63, 3.8) is 0 Å². The summed E-state index contributed by atoms with van der Waals surface area (Å²) in [6.45, 7) is 6.15. The third-order valence-electron chi connectivity index (χ3n) is 3.99. The van der Waals surface area contributed by atoms with Crippen LogP contribution in [0.3, 0.4) is 0 Å². The van der Waals surface area contributed by atoms with Gasteiger partial charge in [0.1, 0.15) is 0 Å². The minimum Gasteiger partial charge on any atom is -0.304 e. The molecule has 0 atom stereocenters. The second-order valence-electron chi connectivity index (χ2n) is 6.32. The van der Waals surface area contributed by atoms with Gasteiger partial charge in [0.05, 0.1) is 10.6 Å². The van der Waals surface area contributed by atoms with Crippen molar-refractivity contribution in [3.8, 4) is 11.1 Å². The Morgan fingerprint density at radius 1 is 1.07 bits per heavy atom. The van der Waals surface area contributed by atoms with Gasteiger partial charge in [-0.15, -0.1) is 5.90 Å². The summed E-state index contributed by atoms with van der Waals surface area (Å²) in [5, 5.41) is 22.3. The zero-order valence-electron chi connectivity index (χ0n) is 16.6. The first-order valence-corrected chi connectivity index (χ1v) is 9.24. The molecule has 0 bridgehead atoms. The number of benzene rings is 2. The van der Waals surface area contributed by atoms with Gasteiger partial charge in [0, 0.05) is 24.3 Å². The maximum atomic E-state index is 10.7. The van der Waals surface area contributed by atoms with Gasteiger partial charge in [0.25, 0.3) is 5.69 Å². The van der Waals surface area contributed by atoms with Gasteiger partial charge < -0.3 is 10.3 Å². The van der Waals surface area contributed by atoms with E-state index in [-0.39, 0.29) is 5.69 Å². The normalized spacial score (nSPS) is 10.6. The van der Waals surface area contributed by atoms with Crippen LogP contribution < -0.4 is 5.90 Å². The standard InChI is InChI=1S/C16H16N4O3.C5H12/c1-11(19-23-18)10-16(17)14-4-2-12(3-5-14)13-6-8-15(9-7-13)20(21)22;1-3-5-4-2/h2-9,17H,10,18H2,1H3;3-5H2,1-2H3/b17-16?,19-11+;. The Hall–Kier alpha value is -3.06. The van der Waals surface area contributed by atoms with Crippen LogP contribution in [-0.4, -0.2) is 16.3 Å². The molecular formula is C21H28N4O3. The smallest absolute Gasteiger partial charge is 0.269 e. The van der Waals surface area contributed by atoms with Crippen molar-refractivity contribution in [2.75, 3.05) is 0 Å². The number of nitrogens with one attached hydrogen (secondary N) is 1. The highest BCUT2D eigenvalue weighted by molar-refractivity contribution is 6.10. The second kappa shape index (κ2) is 12.3. The average Bonchev–Trinajstić information content (AvgIpc) is 2.69. The lowest BCUT2D eigenvalue weighted by molar-refractivity contribution is -0.384. The average molecular weight is 384 g/mol. The molecule has 0 saturated carbocycles. The van der Waals surface area contributed by atoms with E-state index in [2.05, 4.69) is 23.9 Å². The van der Waals surface area contributed by atoms with Gasteiger partial charge in [-0.1, -0.05) is 62.5 Å². The SMILES string of the molecule is C/C(CC(=N)c1ccc(-c2ccc([N+](=O)[O-])cc2)cc1)=N\ON.CCCCC. The molecule has 150 valence electrons. The van der Waals surface area contributed by atoms with Crippen LogP contribution in [0.4, 0.5) is 5.69 Å². The molecule has 0 saturated heterocycles. The first-order valence-electron chi connectivity index (χ1n) is 9.24. The summed E-state index contributed by atoms with van der Waals surface area (Å²) in [7, 11) is 0. The molecule has 7 nitrogen and oxygen atoms in total. The third kappa shape index (κ3) is 7.67. The molecule has 0 aliphatic rings. The van der Waals surface area contributed by atoms with Crippen molar-refractivity contribution in [1.82, 2.24) is 0 Å². The highest BCUT2D eigenvalue weighted by Crippen LogP contribution is 2.23. The van der Waals surface area contributed by atoms with Crippen LogP contribution >= 0.6 is 0 Å². The number of nitro benzene ring substituents is 1. The van der Waals surface area contributed by atoms with Crippen LogP contribution in [0, 0.1) is 15.5 Å². The number of non-ortho nitro benzene ring substituents is 1. The lowest BCUT2D eigenvalue weighted by Gasteiger charge is -2.06. The number of nitro groups is 1. The molecule has 2 aromatic carbocycles. The van der Waals surface area contributed by atoms with Gasteiger partial charge in [0.2, 0.25) is 0 Å². The van der Waals surface area contributed by atoms with E-state index in [0.29, 0.717) is 17.8 Å². The Morgan fingerprint density at radius 2 is 1.57 bits per heavy atom. The summed E-state index contributed by atoms with van der Waals surface area (Å²) in [5.41, 5.74) is 3.64. The minimum atomic E-state index is -0.427. The largest absolute Gasteiger partial charge is 0.304 e. The van der Waals surface area contributed by atoms with Crippen LogP contribution in [0.2, 0.25) is 0 Å². The molecule has 0 aromatic heterocycles. The van der Waals surface area contributed by atoms with E-state index in [0.717, 1.165) is 16.7 Å². The van der Waals surface area contributed by atoms with Gasteiger partial charge in [-0.05, 0) is 35.7 Å². The van der Waals surface area contributed by atoms with Gasteiger partial charge >= 0.3 is 0 Å². The van der Waals surface area contributed by atoms with E-state index < -0.39 is 4.92 Å². The van der Waals surface area contributed by atoms with Crippen molar-refractivity contribution in [3.05, 3.63) is 64.2 Å². The highest BCUT2D eigenvalue weighted by atomic mass is 16.7. The quantitative estimate of drug-likeness (QED) is 0.356. The van der Waals surface area contributed by atoms with Crippen LogP contribution in [-0.2, 0) is 4.94 Å². The van der Waals surface area contributed by atoms with E-state index in [1.807, 2.05) is 24.3 Å². The number of nitrogens with two attached hydrogens (primary N) is 1. The molecule has 2 aromatic rings. The molecule has 7 heteroatoms. The van der Waals surface area contributed by atoms with E-state index in [9.17, 15) is 10.1 Å². The van der Waals surface area contributed by atoms with E-state index >= 15 is 0 Å². The summed E-state index contributed by atoms with van der Waals surface area (Å²) >= 11 is 0. The van der Waals surface area contributed by atoms with Crippen LogP contribution in [0.15, 0.2) is 53.7 Å².